The average molecular weight is 412 g/mol. The lowest BCUT2D eigenvalue weighted by Gasteiger charge is -2.21. The van der Waals surface area contributed by atoms with E-state index in [9.17, 15) is 4.79 Å². The topological polar surface area (TPSA) is 56.1 Å². The van der Waals surface area contributed by atoms with Gasteiger partial charge in [-0.05, 0) is 47.9 Å². The molecule has 0 radical (unpaired) electrons. The van der Waals surface area contributed by atoms with Crippen molar-refractivity contribution in [2.45, 2.75) is 19.5 Å². The maximum atomic E-state index is 13.2. The predicted molar refractivity (Wildman–Crippen MR) is 121 cm³/mol. The molecule has 4 aromatic rings. The largest absolute Gasteiger partial charge is 0.497 e. The molecule has 1 N–H and O–H groups in total. The second-order valence-electron chi connectivity index (χ2n) is 7.40. The van der Waals surface area contributed by atoms with Gasteiger partial charge in [0.2, 0.25) is 0 Å². The van der Waals surface area contributed by atoms with E-state index in [1.165, 1.54) is 0 Å². The van der Waals surface area contributed by atoms with Crippen LogP contribution in [0.2, 0.25) is 0 Å². The van der Waals surface area contributed by atoms with Crippen LogP contribution in [0.15, 0.2) is 91.3 Å². The fraction of sp³-hybridized carbons (Fsp3) is 0.154. The van der Waals surface area contributed by atoms with Crippen molar-refractivity contribution in [3.05, 3.63) is 119 Å². The lowest BCUT2D eigenvalue weighted by molar-refractivity contribution is 0.0943. The molecule has 0 aliphatic carbocycles. The molecule has 4 rings (SSSR count). The van der Waals surface area contributed by atoms with Crippen molar-refractivity contribution in [2.75, 3.05) is 7.11 Å². The molecule has 0 aliphatic rings. The molecule has 1 heterocycles. The predicted octanol–water partition coefficient (Wildman–Crippen LogP) is 4.77. The summed E-state index contributed by atoms with van der Waals surface area (Å²) in [6.07, 6.45) is 3.72. The smallest absolute Gasteiger partial charge is 0.252 e. The summed E-state index contributed by atoms with van der Waals surface area (Å²) in [5, 5.41) is 3.20. The zero-order chi connectivity index (χ0) is 21.6. The van der Waals surface area contributed by atoms with Crippen molar-refractivity contribution in [1.82, 2.24) is 14.9 Å². The molecular weight excluding hydrogens is 386 g/mol. The van der Waals surface area contributed by atoms with Crippen molar-refractivity contribution in [3.8, 4) is 5.75 Å². The number of aryl methyl sites for hydroxylation is 1. The second-order valence-corrected chi connectivity index (χ2v) is 7.40. The monoisotopic (exact) mass is 411 g/mol. The first-order chi connectivity index (χ1) is 15.1. The molecule has 156 valence electrons. The number of imidazole rings is 1. The molecule has 0 spiro atoms. The molecule has 31 heavy (non-hydrogen) atoms. The highest BCUT2D eigenvalue weighted by Crippen LogP contribution is 2.26. The van der Waals surface area contributed by atoms with E-state index in [1.54, 1.807) is 13.3 Å². The number of carbonyl (C=O) groups is 1. The molecule has 0 aliphatic heterocycles. The van der Waals surface area contributed by atoms with Crippen LogP contribution in [-0.4, -0.2) is 22.6 Å². The van der Waals surface area contributed by atoms with E-state index in [2.05, 4.69) is 14.9 Å². The summed E-state index contributed by atoms with van der Waals surface area (Å²) in [6.45, 7) is 2.64. The van der Waals surface area contributed by atoms with Gasteiger partial charge in [0.25, 0.3) is 5.91 Å². The Morgan fingerprint density at radius 2 is 1.77 bits per heavy atom. The van der Waals surface area contributed by atoms with E-state index < -0.39 is 0 Å². The molecule has 0 saturated carbocycles. The van der Waals surface area contributed by atoms with Gasteiger partial charge in [-0.2, -0.15) is 0 Å². The second kappa shape index (κ2) is 9.30. The Morgan fingerprint density at radius 3 is 2.52 bits per heavy atom. The molecule has 5 heteroatoms. The Bertz CT molecular complexity index is 1170. The molecule has 0 fully saturated rings. The Balaban J connectivity index is 1.60. The number of aromatic nitrogens is 2. The quantitative estimate of drug-likeness (QED) is 0.477. The summed E-state index contributed by atoms with van der Waals surface area (Å²) >= 11 is 0. The van der Waals surface area contributed by atoms with Crippen LogP contribution in [0.25, 0.3) is 0 Å². The average Bonchev–Trinajstić information content (AvgIpc) is 3.22. The fourth-order valence-corrected chi connectivity index (χ4v) is 3.62. The molecule has 3 aromatic carbocycles. The molecule has 1 atom stereocenters. The number of ether oxygens (including phenoxy) is 1. The third-order valence-electron chi connectivity index (χ3n) is 5.30. The van der Waals surface area contributed by atoms with Gasteiger partial charge in [-0.15, -0.1) is 0 Å². The Hall–Kier alpha value is -3.86. The number of nitrogens with one attached hydrogen (secondary N) is 1. The first kappa shape index (κ1) is 20.4. The maximum absolute atomic E-state index is 13.2. The number of methoxy groups -OCH3 is 1. The van der Waals surface area contributed by atoms with E-state index in [-0.39, 0.29) is 11.9 Å². The van der Waals surface area contributed by atoms with Gasteiger partial charge in [0.1, 0.15) is 11.6 Å². The van der Waals surface area contributed by atoms with Gasteiger partial charge >= 0.3 is 0 Å². The Kier molecular flexibility index (Phi) is 6.13. The van der Waals surface area contributed by atoms with Crippen LogP contribution in [0.1, 0.15) is 38.9 Å². The molecular formula is C26H25N3O2. The zero-order valence-corrected chi connectivity index (χ0v) is 17.7. The number of rotatable bonds is 7. The van der Waals surface area contributed by atoms with E-state index in [0.717, 1.165) is 28.3 Å². The van der Waals surface area contributed by atoms with Crippen molar-refractivity contribution >= 4 is 5.91 Å². The standard InChI is InChI=1S/C26H25N3O2/c1-19-27-14-15-29(19)18-20-8-6-12-23(16-20)26(30)28-25(21-9-4-3-5-10-21)22-11-7-13-24(17-22)31-2/h3-17,25H,18H2,1-2H3,(H,28,30)/t25-/m1/s1. The lowest BCUT2D eigenvalue weighted by Crippen LogP contribution is -2.29. The highest BCUT2D eigenvalue weighted by molar-refractivity contribution is 5.94. The number of nitrogens with zero attached hydrogens (tertiary/aromatic N) is 2. The van der Waals surface area contributed by atoms with Gasteiger partial charge < -0.3 is 14.6 Å². The van der Waals surface area contributed by atoms with Crippen LogP contribution in [0.5, 0.6) is 5.75 Å². The van der Waals surface area contributed by atoms with Crippen LogP contribution in [-0.2, 0) is 6.54 Å². The van der Waals surface area contributed by atoms with Crippen molar-refractivity contribution < 1.29 is 9.53 Å². The molecule has 1 aromatic heterocycles. The highest BCUT2D eigenvalue weighted by atomic mass is 16.5. The summed E-state index contributed by atoms with van der Waals surface area (Å²) in [7, 11) is 1.64. The van der Waals surface area contributed by atoms with Gasteiger partial charge in [-0.25, -0.2) is 4.98 Å². The number of hydrogen-bond donors (Lipinski definition) is 1. The number of benzene rings is 3. The normalized spacial score (nSPS) is 11.7. The molecule has 1 amide bonds. The first-order valence-electron chi connectivity index (χ1n) is 10.2. The van der Waals surface area contributed by atoms with E-state index in [1.807, 2.05) is 92.0 Å². The van der Waals surface area contributed by atoms with Gasteiger partial charge in [0.15, 0.2) is 0 Å². The fourth-order valence-electron chi connectivity index (χ4n) is 3.62. The minimum Gasteiger partial charge on any atom is -0.497 e. The Morgan fingerprint density at radius 1 is 1.00 bits per heavy atom. The van der Waals surface area contributed by atoms with Crippen LogP contribution in [0.4, 0.5) is 0 Å². The summed E-state index contributed by atoms with van der Waals surface area (Å²) in [5.74, 6) is 1.57. The summed E-state index contributed by atoms with van der Waals surface area (Å²) in [4.78, 5) is 17.5. The third-order valence-corrected chi connectivity index (χ3v) is 5.30. The number of hydrogen-bond acceptors (Lipinski definition) is 3. The minimum atomic E-state index is -0.289. The van der Waals surface area contributed by atoms with E-state index in [0.29, 0.717) is 12.1 Å². The molecule has 0 bridgehead atoms. The molecule has 0 unspecified atom stereocenters. The van der Waals surface area contributed by atoms with Gasteiger partial charge in [-0.3, -0.25) is 4.79 Å². The SMILES string of the molecule is COc1cccc([C@H](NC(=O)c2cccc(Cn3ccnc3C)c2)c2ccccc2)c1. The molecule has 5 nitrogen and oxygen atoms in total. The zero-order valence-electron chi connectivity index (χ0n) is 17.7. The third kappa shape index (κ3) is 4.83. The number of amides is 1. The van der Waals surface area contributed by atoms with Gasteiger partial charge in [-0.1, -0.05) is 54.6 Å². The highest BCUT2D eigenvalue weighted by Gasteiger charge is 2.18. The van der Waals surface area contributed by atoms with Crippen molar-refractivity contribution in [2.24, 2.45) is 0 Å². The van der Waals surface area contributed by atoms with Crippen LogP contribution in [0, 0.1) is 6.92 Å². The maximum Gasteiger partial charge on any atom is 0.252 e. The van der Waals surface area contributed by atoms with Gasteiger partial charge in [0.05, 0.1) is 13.2 Å². The van der Waals surface area contributed by atoms with E-state index in [4.69, 9.17) is 4.74 Å². The van der Waals surface area contributed by atoms with Crippen LogP contribution in [0.3, 0.4) is 0 Å². The van der Waals surface area contributed by atoms with Crippen molar-refractivity contribution in [3.63, 3.8) is 0 Å². The van der Waals surface area contributed by atoms with Crippen LogP contribution < -0.4 is 10.1 Å². The Labute approximate surface area is 182 Å². The summed E-state index contributed by atoms with van der Waals surface area (Å²) in [5.41, 5.74) is 3.64. The minimum absolute atomic E-state index is 0.124. The van der Waals surface area contributed by atoms with Crippen molar-refractivity contribution in [1.29, 1.82) is 0 Å². The van der Waals surface area contributed by atoms with Gasteiger partial charge in [0, 0.05) is 24.5 Å². The van der Waals surface area contributed by atoms with E-state index >= 15 is 0 Å². The lowest BCUT2D eigenvalue weighted by atomic mass is 9.98. The summed E-state index contributed by atoms with van der Waals surface area (Å²) in [6, 6.07) is 25.2. The summed E-state index contributed by atoms with van der Waals surface area (Å²) < 4.78 is 7.44. The van der Waals surface area contributed by atoms with Crippen LogP contribution >= 0.6 is 0 Å². The molecule has 0 saturated heterocycles. The number of carbonyl (C=O) groups excluding carboxylic acids is 1. The first-order valence-corrected chi connectivity index (χ1v) is 10.2.